The second-order valence-electron chi connectivity index (χ2n) is 3.95. The molecule has 0 aliphatic heterocycles. The molecule has 0 heterocycles. The highest BCUT2D eigenvalue weighted by atomic mass is 79.9. The van der Waals surface area contributed by atoms with Crippen molar-refractivity contribution in [3.63, 3.8) is 0 Å². The lowest BCUT2D eigenvalue weighted by Crippen LogP contribution is -2.22. The fraction of sp³-hybridized carbons (Fsp3) is 0.429. The Labute approximate surface area is 121 Å². The van der Waals surface area contributed by atoms with E-state index in [9.17, 15) is 0 Å². The number of nitrogens with one attached hydrogen (secondary N) is 1. The van der Waals surface area contributed by atoms with Crippen LogP contribution in [-0.4, -0.2) is 6.54 Å². The highest BCUT2D eigenvalue weighted by Gasteiger charge is 2.11. The van der Waals surface area contributed by atoms with E-state index in [0.717, 1.165) is 34.8 Å². The number of hydrogen-bond acceptors (Lipinski definition) is 1. The van der Waals surface area contributed by atoms with E-state index < -0.39 is 0 Å². The van der Waals surface area contributed by atoms with Crippen LogP contribution in [0.1, 0.15) is 37.8 Å². The number of rotatable bonds is 6. The van der Waals surface area contributed by atoms with Gasteiger partial charge in [0, 0.05) is 21.4 Å². The summed E-state index contributed by atoms with van der Waals surface area (Å²) in [5, 5.41) is 3.54. The molecule has 0 saturated carbocycles. The molecule has 0 spiro atoms. The summed E-state index contributed by atoms with van der Waals surface area (Å²) in [4.78, 5) is 0. The first-order chi connectivity index (χ1) is 8.17. The summed E-state index contributed by atoms with van der Waals surface area (Å²) in [6.07, 6.45) is 8.24. The zero-order chi connectivity index (χ0) is 12.7. The van der Waals surface area contributed by atoms with E-state index in [1.807, 2.05) is 6.07 Å². The molecule has 1 N–H and O–H groups in total. The normalized spacial score (nSPS) is 12.1. The van der Waals surface area contributed by atoms with Gasteiger partial charge in [0.1, 0.15) is 0 Å². The van der Waals surface area contributed by atoms with Crippen LogP contribution in [0.4, 0.5) is 0 Å². The molecule has 1 rings (SSSR count). The van der Waals surface area contributed by atoms with Crippen LogP contribution in [0.25, 0.3) is 0 Å². The van der Waals surface area contributed by atoms with Crippen molar-refractivity contribution in [1.29, 1.82) is 0 Å². The maximum absolute atomic E-state index is 5.35. The SMILES string of the molecule is C#CCCC(NCCC)c1cc(Br)cc(Br)c1. The van der Waals surface area contributed by atoms with Gasteiger partial charge in [0.05, 0.1) is 0 Å². The molecule has 1 aromatic rings. The predicted molar refractivity (Wildman–Crippen MR) is 80.9 cm³/mol. The molecule has 1 nitrogen and oxygen atoms in total. The molecule has 0 fully saturated rings. The van der Waals surface area contributed by atoms with Crippen molar-refractivity contribution in [1.82, 2.24) is 5.32 Å². The first kappa shape index (κ1) is 14.8. The van der Waals surface area contributed by atoms with E-state index in [2.05, 4.69) is 62.2 Å². The highest BCUT2D eigenvalue weighted by molar-refractivity contribution is 9.11. The topological polar surface area (TPSA) is 12.0 Å². The summed E-state index contributed by atoms with van der Waals surface area (Å²) in [7, 11) is 0. The number of halogens is 2. The minimum Gasteiger partial charge on any atom is -0.310 e. The third kappa shape index (κ3) is 5.25. The molecule has 1 atom stereocenters. The molecule has 0 saturated heterocycles. The standard InChI is InChI=1S/C14H17Br2N/c1-3-5-6-14(17-7-4-2)11-8-12(15)10-13(16)9-11/h1,8-10,14,17H,4-7H2,2H3. The number of terminal acetylenes is 1. The van der Waals surface area contributed by atoms with E-state index in [4.69, 9.17) is 6.42 Å². The zero-order valence-corrected chi connectivity index (χ0v) is 13.1. The Morgan fingerprint density at radius 2 is 1.94 bits per heavy atom. The summed E-state index contributed by atoms with van der Waals surface area (Å²) in [5.74, 6) is 2.71. The lowest BCUT2D eigenvalue weighted by Gasteiger charge is -2.18. The van der Waals surface area contributed by atoms with Crippen LogP contribution in [0, 0.1) is 12.3 Å². The van der Waals surface area contributed by atoms with Gasteiger partial charge in [-0.05, 0) is 43.1 Å². The third-order valence-electron chi connectivity index (χ3n) is 2.51. The van der Waals surface area contributed by atoms with Crippen molar-refractivity contribution < 1.29 is 0 Å². The van der Waals surface area contributed by atoms with Crippen molar-refractivity contribution in [3.8, 4) is 12.3 Å². The Morgan fingerprint density at radius 1 is 1.29 bits per heavy atom. The number of hydrogen-bond donors (Lipinski definition) is 1. The van der Waals surface area contributed by atoms with Crippen LogP contribution in [0.2, 0.25) is 0 Å². The van der Waals surface area contributed by atoms with E-state index in [1.165, 1.54) is 5.56 Å². The van der Waals surface area contributed by atoms with Crippen molar-refractivity contribution in [2.45, 2.75) is 32.2 Å². The van der Waals surface area contributed by atoms with Crippen LogP contribution in [0.15, 0.2) is 27.1 Å². The molecule has 1 unspecified atom stereocenters. The lowest BCUT2D eigenvalue weighted by atomic mass is 10.0. The van der Waals surface area contributed by atoms with Gasteiger partial charge < -0.3 is 5.32 Å². The fourth-order valence-corrected chi connectivity index (χ4v) is 3.04. The van der Waals surface area contributed by atoms with Crippen molar-refractivity contribution >= 4 is 31.9 Å². The zero-order valence-electron chi connectivity index (χ0n) is 9.97. The van der Waals surface area contributed by atoms with E-state index >= 15 is 0 Å². The summed E-state index contributed by atoms with van der Waals surface area (Å²) >= 11 is 7.04. The van der Waals surface area contributed by atoms with Crippen LogP contribution in [0.3, 0.4) is 0 Å². The molecule has 0 amide bonds. The summed E-state index contributed by atoms with van der Waals surface area (Å²) < 4.78 is 2.18. The third-order valence-corrected chi connectivity index (χ3v) is 3.42. The first-order valence-corrected chi connectivity index (χ1v) is 7.38. The monoisotopic (exact) mass is 357 g/mol. The summed E-state index contributed by atoms with van der Waals surface area (Å²) in [5.41, 5.74) is 1.27. The predicted octanol–water partition coefficient (Wildman–Crippen LogP) is 4.67. The van der Waals surface area contributed by atoms with E-state index in [1.54, 1.807) is 0 Å². The smallest absolute Gasteiger partial charge is 0.0330 e. The molecule has 17 heavy (non-hydrogen) atoms. The minimum atomic E-state index is 0.333. The van der Waals surface area contributed by atoms with E-state index in [0.29, 0.717) is 6.04 Å². The Balaban J connectivity index is 2.83. The van der Waals surface area contributed by atoms with Gasteiger partial charge in [-0.25, -0.2) is 0 Å². The van der Waals surface area contributed by atoms with Gasteiger partial charge in [-0.15, -0.1) is 12.3 Å². The summed E-state index contributed by atoms with van der Waals surface area (Å²) in [6, 6.07) is 6.67. The van der Waals surface area contributed by atoms with Crippen LogP contribution in [0.5, 0.6) is 0 Å². The highest BCUT2D eigenvalue weighted by Crippen LogP contribution is 2.26. The molecular weight excluding hydrogens is 342 g/mol. The second-order valence-corrected chi connectivity index (χ2v) is 5.78. The maximum atomic E-state index is 5.35. The van der Waals surface area contributed by atoms with Crippen LogP contribution in [-0.2, 0) is 0 Å². The van der Waals surface area contributed by atoms with Crippen LogP contribution < -0.4 is 5.32 Å². The average Bonchev–Trinajstić information content (AvgIpc) is 2.28. The molecule has 3 heteroatoms. The van der Waals surface area contributed by atoms with Gasteiger partial charge in [0.2, 0.25) is 0 Å². The van der Waals surface area contributed by atoms with Gasteiger partial charge in [-0.2, -0.15) is 0 Å². The number of benzene rings is 1. The lowest BCUT2D eigenvalue weighted by molar-refractivity contribution is 0.505. The van der Waals surface area contributed by atoms with Gasteiger partial charge in [-0.1, -0.05) is 38.8 Å². The first-order valence-electron chi connectivity index (χ1n) is 5.80. The molecule has 0 bridgehead atoms. The average molecular weight is 359 g/mol. The molecular formula is C14H17Br2N. The van der Waals surface area contributed by atoms with Gasteiger partial charge in [0.25, 0.3) is 0 Å². The molecule has 0 radical (unpaired) electrons. The fourth-order valence-electron chi connectivity index (χ4n) is 1.71. The van der Waals surface area contributed by atoms with E-state index in [-0.39, 0.29) is 0 Å². The Hall–Kier alpha value is -0.300. The van der Waals surface area contributed by atoms with Gasteiger partial charge in [0.15, 0.2) is 0 Å². The van der Waals surface area contributed by atoms with Gasteiger partial charge >= 0.3 is 0 Å². The largest absolute Gasteiger partial charge is 0.310 e. The second kappa shape index (κ2) is 7.92. The Morgan fingerprint density at radius 3 is 2.47 bits per heavy atom. The Kier molecular flexibility index (Phi) is 6.87. The molecule has 0 aromatic heterocycles. The molecule has 0 aliphatic carbocycles. The summed E-state index contributed by atoms with van der Waals surface area (Å²) in [6.45, 7) is 3.18. The van der Waals surface area contributed by atoms with Crippen LogP contribution >= 0.6 is 31.9 Å². The van der Waals surface area contributed by atoms with Crippen molar-refractivity contribution in [2.24, 2.45) is 0 Å². The molecule has 92 valence electrons. The van der Waals surface area contributed by atoms with Crippen molar-refractivity contribution in [2.75, 3.05) is 6.54 Å². The Bertz CT molecular complexity index is 375. The minimum absolute atomic E-state index is 0.333. The van der Waals surface area contributed by atoms with Crippen molar-refractivity contribution in [3.05, 3.63) is 32.7 Å². The quantitative estimate of drug-likeness (QED) is 0.729. The van der Waals surface area contributed by atoms with Gasteiger partial charge in [-0.3, -0.25) is 0 Å². The molecule has 1 aromatic carbocycles. The molecule has 0 aliphatic rings. The maximum Gasteiger partial charge on any atom is 0.0330 e.